The Bertz CT molecular complexity index is 87.7. The molecule has 6 heavy (non-hydrogen) atoms. The molecule has 2 nitrogen and oxygen atoms in total. The van der Waals surface area contributed by atoms with Crippen LogP contribution in [0.4, 0.5) is 8.78 Å². The summed E-state index contributed by atoms with van der Waals surface area (Å²) in [6.45, 7) is 0. The zero-order valence-electron chi connectivity index (χ0n) is 2.60. The zero-order valence-corrected chi connectivity index (χ0v) is 3.49. The molecule has 0 saturated heterocycles. The van der Waals surface area contributed by atoms with E-state index in [0.717, 1.165) is 0 Å². The molecule has 38 valence electrons. The predicted octanol–water partition coefficient (Wildman–Crippen LogP) is -0.180. The third-order valence-corrected chi connectivity index (χ3v) is 0.478. The zero-order chi connectivity index (χ0) is 5.15. The standard InChI is InChI=1S/CH2F2O2S/c2-1(3)6(4)5/h1,6H. The Morgan fingerprint density at radius 2 is 1.50 bits per heavy atom. The number of hydrogen-bond acceptors (Lipinski definition) is 2. The van der Waals surface area contributed by atoms with Gasteiger partial charge in [-0.2, -0.15) is 8.78 Å². The normalized spacial score (nSPS) is 10.7. The molecule has 0 N–H and O–H groups in total. The fraction of sp³-hybridized carbons (Fsp3) is 1.00. The van der Waals surface area contributed by atoms with E-state index in [1.807, 2.05) is 0 Å². The summed E-state index contributed by atoms with van der Waals surface area (Å²) >= 11 is 0. The highest BCUT2D eigenvalue weighted by atomic mass is 32.2. The molecule has 0 saturated carbocycles. The Morgan fingerprint density at radius 3 is 1.50 bits per heavy atom. The molecular weight excluding hydrogens is 114 g/mol. The topological polar surface area (TPSA) is 34.1 Å². The Morgan fingerprint density at radius 1 is 1.33 bits per heavy atom. The van der Waals surface area contributed by atoms with Gasteiger partial charge in [-0.25, -0.2) is 8.42 Å². The maximum atomic E-state index is 10.6. The number of rotatable bonds is 1. The average Bonchev–Trinajstić information content (AvgIpc) is 1.36. The minimum absolute atomic E-state index is 3.19. The fourth-order valence-electron chi connectivity index (χ4n) is 0. The van der Waals surface area contributed by atoms with E-state index < -0.39 is 16.5 Å². The van der Waals surface area contributed by atoms with Crippen LogP contribution in [0.25, 0.3) is 0 Å². The van der Waals surface area contributed by atoms with Gasteiger partial charge in [-0.1, -0.05) is 0 Å². The van der Waals surface area contributed by atoms with Crippen molar-refractivity contribution in [2.24, 2.45) is 0 Å². The van der Waals surface area contributed by atoms with Crippen LogP contribution in [0.1, 0.15) is 0 Å². The first-order valence-electron chi connectivity index (χ1n) is 1.06. The van der Waals surface area contributed by atoms with Crippen molar-refractivity contribution in [2.75, 3.05) is 0 Å². The molecule has 0 amide bonds. The molecule has 0 unspecified atom stereocenters. The third kappa shape index (κ3) is 2.07. The van der Waals surface area contributed by atoms with E-state index in [0.29, 0.717) is 0 Å². The van der Waals surface area contributed by atoms with Gasteiger partial charge in [-0.3, -0.25) is 0 Å². The van der Waals surface area contributed by atoms with E-state index in [-0.39, 0.29) is 0 Å². The fourth-order valence-corrected chi connectivity index (χ4v) is 0. The van der Waals surface area contributed by atoms with Crippen molar-refractivity contribution in [1.82, 2.24) is 0 Å². The molecule has 0 radical (unpaired) electrons. The Balaban J connectivity index is 3.57. The lowest BCUT2D eigenvalue weighted by Crippen LogP contribution is -1.88. The molecule has 0 spiro atoms. The summed E-state index contributed by atoms with van der Waals surface area (Å²) in [4.78, 5) is 0. The van der Waals surface area contributed by atoms with Gasteiger partial charge in [-0.05, 0) is 0 Å². The van der Waals surface area contributed by atoms with Gasteiger partial charge in [0.05, 0.1) is 0 Å². The molecule has 0 heterocycles. The lowest BCUT2D eigenvalue weighted by atomic mass is 11.7. The van der Waals surface area contributed by atoms with Gasteiger partial charge >= 0.3 is 5.76 Å². The van der Waals surface area contributed by atoms with Crippen molar-refractivity contribution in [3.05, 3.63) is 0 Å². The highest BCUT2D eigenvalue weighted by Crippen LogP contribution is 1.88. The van der Waals surface area contributed by atoms with Gasteiger partial charge < -0.3 is 0 Å². The molecule has 5 heteroatoms. The predicted molar refractivity (Wildman–Crippen MR) is 16.3 cm³/mol. The molecule has 0 fully saturated rings. The van der Waals surface area contributed by atoms with Crippen molar-refractivity contribution < 1.29 is 17.2 Å². The Kier molecular flexibility index (Phi) is 2.00. The van der Waals surface area contributed by atoms with Gasteiger partial charge in [0, 0.05) is 0 Å². The van der Waals surface area contributed by atoms with Crippen LogP contribution >= 0.6 is 0 Å². The summed E-state index contributed by atoms with van der Waals surface area (Å²) < 4.78 is 39.1. The van der Waals surface area contributed by atoms with Crippen molar-refractivity contribution in [1.29, 1.82) is 0 Å². The second-order valence-corrected chi connectivity index (χ2v) is 1.52. The summed E-state index contributed by atoms with van der Waals surface area (Å²) in [5, 5.41) is 0. The highest BCUT2D eigenvalue weighted by Gasteiger charge is 2.00. The van der Waals surface area contributed by atoms with Crippen LogP contribution in [0.15, 0.2) is 0 Å². The van der Waals surface area contributed by atoms with Crippen molar-refractivity contribution >= 4 is 10.7 Å². The molecule has 0 aromatic heterocycles. The minimum Gasteiger partial charge on any atom is -0.226 e. The van der Waals surface area contributed by atoms with E-state index in [1.54, 1.807) is 0 Å². The van der Waals surface area contributed by atoms with E-state index in [1.165, 1.54) is 0 Å². The Labute approximate surface area is 34.7 Å². The van der Waals surface area contributed by atoms with Crippen LogP contribution in [0.3, 0.4) is 0 Å². The van der Waals surface area contributed by atoms with Gasteiger partial charge in [0.2, 0.25) is 10.7 Å². The van der Waals surface area contributed by atoms with Gasteiger partial charge in [0.15, 0.2) is 0 Å². The second kappa shape index (κ2) is 2.07. The molecule has 0 aromatic carbocycles. The summed E-state index contributed by atoms with van der Waals surface area (Å²) in [7, 11) is -3.49. The molecule has 0 aliphatic carbocycles. The first kappa shape index (κ1) is 5.81. The van der Waals surface area contributed by atoms with Crippen molar-refractivity contribution in [3.63, 3.8) is 0 Å². The first-order valence-corrected chi connectivity index (χ1v) is 2.31. The lowest BCUT2D eigenvalue weighted by Gasteiger charge is -1.74. The number of thiol groups is 1. The summed E-state index contributed by atoms with van der Waals surface area (Å²) in [6.07, 6.45) is 0. The van der Waals surface area contributed by atoms with Crippen molar-refractivity contribution in [2.45, 2.75) is 5.76 Å². The van der Waals surface area contributed by atoms with Crippen LogP contribution in [-0.2, 0) is 10.7 Å². The number of halogens is 2. The van der Waals surface area contributed by atoms with Gasteiger partial charge in [-0.15, -0.1) is 0 Å². The molecule has 0 rings (SSSR count). The lowest BCUT2D eigenvalue weighted by molar-refractivity contribution is 0.240. The van der Waals surface area contributed by atoms with E-state index in [9.17, 15) is 8.78 Å². The van der Waals surface area contributed by atoms with Crippen LogP contribution in [0.2, 0.25) is 0 Å². The van der Waals surface area contributed by atoms with Crippen molar-refractivity contribution in [3.8, 4) is 0 Å². The SMILES string of the molecule is O=[SH](=O)C(F)F. The number of alkyl halides is 2. The van der Waals surface area contributed by atoms with Crippen LogP contribution in [0, 0.1) is 0 Å². The molecule has 0 bridgehead atoms. The smallest absolute Gasteiger partial charge is 0.226 e. The first-order chi connectivity index (χ1) is 2.64. The molecule has 0 aliphatic heterocycles. The van der Waals surface area contributed by atoms with E-state index in [2.05, 4.69) is 0 Å². The summed E-state index contributed by atoms with van der Waals surface area (Å²) in [5.74, 6) is -3.19. The van der Waals surface area contributed by atoms with Crippen LogP contribution in [0.5, 0.6) is 0 Å². The highest BCUT2D eigenvalue weighted by molar-refractivity contribution is 7.72. The number of hydrogen-bond donors (Lipinski definition) is 1. The van der Waals surface area contributed by atoms with Crippen LogP contribution < -0.4 is 0 Å². The second-order valence-electron chi connectivity index (χ2n) is 0.563. The molecular formula is CH2F2O2S. The van der Waals surface area contributed by atoms with E-state index in [4.69, 9.17) is 8.42 Å². The summed E-state index contributed by atoms with van der Waals surface area (Å²) in [5.41, 5.74) is 0. The maximum absolute atomic E-state index is 10.6. The minimum atomic E-state index is -3.49. The van der Waals surface area contributed by atoms with Gasteiger partial charge in [0.25, 0.3) is 0 Å². The maximum Gasteiger partial charge on any atom is 0.334 e. The average molecular weight is 116 g/mol. The monoisotopic (exact) mass is 116 g/mol. The molecule has 0 aromatic rings. The summed E-state index contributed by atoms with van der Waals surface area (Å²) in [6, 6.07) is 0. The van der Waals surface area contributed by atoms with Crippen LogP contribution in [-0.4, -0.2) is 14.2 Å². The largest absolute Gasteiger partial charge is 0.334 e. The van der Waals surface area contributed by atoms with E-state index >= 15 is 0 Å². The van der Waals surface area contributed by atoms with Gasteiger partial charge in [0.1, 0.15) is 0 Å². The quantitative estimate of drug-likeness (QED) is 0.482. The third-order valence-electron chi connectivity index (χ3n) is 0.159. The molecule has 0 aliphatic rings. The Hall–Kier alpha value is -0.190. The molecule has 0 atom stereocenters.